The fraction of sp³-hybridized carbons (Fsp3) is 0.0909. The number of amides is 2. The van der Waals surface area contributed by atoms with Crippen LogP contribution in [0.5, 0.6) is 0 Å². The van der Waals surface area contributed by atoms with Gasteiger partial charge in [-0.25, -0.2) is 0 Å². The van der Waals surface area contributed by atoms with Crippen LogP contribution in [0.1, 0.15) is 27.6 Å². The van der Waals surface area contributed by atoms with Gasteiger partial charge in [-0.3, -0.25) is 9.59 Å². The van der Waals surface area contributed by atoms with Gasteiger partial charge in [-0.2, -0.15) is 4.98 Å². The molecule has 4 rings (SSSR count). The van der Waals surface area contributed by atoms with E-state index in [0.717, 1.165) is 10.4 Å². The lowest BCUT2D eigenvalue weighted by Crippen LogP contribution is -2.34. The highest BCUT2D eigenvalue weighted by atomic mass is 32.1. The number of aromatic nitrogens is 2. The highest BCUT2D eigenvalue weighted by Gasteiger charge is 2.18. The molecule has 0 spiro atoms. The van der Waals surface area contributed by atoms with Gasteiger partial charge < -0.3 is 19.6 Å². The van der Waals surface area contributed by atoms with Crippen molar-refractivity contribution in [3.63, 3.8) is 0 Å². The normalized spacial score (nSPS) is 11.3. The number of carbonyl (C=O) groups is 2. The standard InChI is InChI=1S/C22H18N4O4S/c1-14-6-2-3-8-16(14)21(27)24-17(12-15-7-4-10-29-15)22(28)23-13-19-25-20(26-30-19)18-9-5-11-31-18/h2-12H,13H2,1H3,(H,23,28)(H,24,27)/b17-12-. The summed E-state index contributed by atoms with van der Waals surface area (Å²) in [6.07, 6.45) is 2.94. The molecule has 3 heterocycles. The van der Waals surface area contributed by atoms with Crippen molar-refractivity contribution >= 4 is 29.2 Å². The molecule has 0 radical (unpaired) electrons. The molecule has 8 nitrogen and oxygen atoms in total. The quantitative estimate of drug-likeness (QED) is 0.428. The number of benzene rings is 1. The Morgan fingerprint density at radius 1 is 1.13 bits per heavy atom. The van der Waals surface area contributed by atoms with Gasteiger partial charge in [0.25, 0.3) is 11.8 Å². The molecule has 0 unspecified atom stereocenters. The van der Waals surface area contributed by atoms with Gasteiger partial charge in [0.05, 0.1) is 17.7 Å². The molecule has 0 aliphatic heterocycles. The predicted molar refractivity (Wildman–Crippen MR) is 115 cm³/mol. The van der Waals surface area contributed by atoms with Crippen LogP contribution in [0.4, 0.5) is 0 Å². The summed E-state index contributed by atoms with van der Waals surface area (Å²) >= 11 is 1.49. The molecule has 0 aliphatic rings. The molecule has 4 aromatic rings. The molecule has 0 aliphatic carbocycles. The molecule has 0 bridgehead atoms. The third-order valence-corrected chi connectivity index (χ3v) is 5.19. The highest BCUT2D eigenvalue weighted by Crippen LogP contribution is 2.21. The van der Waals surface area contributed by atoms with Gasteiger partial charge in [-0.05, 0) is 42.1 Å². The minimum Gasteiger partial charge on any atom is -0.465 e. The SMILES string of the molecule is Cc1ccccc1C(=O)N/C(=C\c1ccco1)C(=O)NCc1nc(-c2cccs2)no1. The maximum atomic E-state index is 12.8. The number of rotatable bonds is 7. The lowest BCUT2D eigenvalue weighted by molar-refractivity contribution is -0.118. The number of nitrogens with one attached hydrogen (secondary N) is 2. The first-order valence-corrected chi connectivity index (χ1v) is 10.2. The van der Waals surface area contributed by atoms with Crippen molar-refractivity contribution in [1.29, 1.82) is 0 Å². The van der Waals surface area contributed by atoms with Gasteiger partial charge >= 0.3 is 0 Å². The van der Waals surface area contributed by atoms with Gasteiger partial charge in [-0.1, -0.05) is 29.4 Å². The first-order chi connectivity index (χ1) is 15.1. The van der Waals surface area contributed by atoms with E-state index < -0.39 is 11.8 Å². The van der Waals surface area contributed by atoms with Gasteiger partial charge in [0.15, 0.2) is 0 Å². The second-order valence-electron chi connectivity index (χ2n) is 6.51. The third kappa shape index (κ3) is 4.96. The van der Waals surface area contributed by atoms with Gasteiger partial charge in [0.2, 0.25) is 11.7 Å². The van der Waals surface area contributed by atoms with Crippen molar-refractivity contribution in [1.82, 2.24) is 20.8 Å². The zero-order valence-corrected chi connectivity index (χ0v) is 17.3. The van der Waals surface area contributed by atoms with Crippen molar-refractivity contribution in [3.05, 3.63) is 88.6 Å². The van der Waals surface area contributed by atoms with Crippen molar-refractivity contribution in [3.8, 4) is 10.7 Å². The average molecular weight is 434 g/mol. The molecule has 0 saturated heterocycles. The van der Waals surface area contributed by atoms with E-state index in [-0.39, 0.29) is 18.1 Å². The number of furan rings is 1. The zero-order chi connectivity index (χ0) is 21.6. The lowest BCUT2D eigenvalue weighted by atomic mass is 10.1. The zero-order valence-electron chi connectivity index (χ0n) is 16.5. The first kappa shape index (κ1) is 20.3. The van der Waals surface area contributed by atoms with Crippen LogP contribution in [0, 0.1) is 6.92 Å². The van der Waals surface area contributed by atoms with Crippen LogP contribution in [-0.4, -0.2) is 22.0 Å². The fourth-order valence-electron chi connectivity index (χ4n) is 2.78. The second-order valence-corrected chi connectivity index (χ2v) is 7.46. The maximum absolute atomic E-state index is 12.8. The maximum Gasteiger partial charge on any atom is 0.268 e. The number of thiophene rings is 1. The average Bonchev–Trinajstić information content (AvgIpc) is 3.54. The van der Waals surface area contributed by atoms with Crippen LogP contribution < -0.4 is 10.6 Å². The Kier molecular flexibility index (Phi) is 6.04. The molecule has 1 aromatic carbocycles. The molecule has 156 valence electrons. The Balaban J connectivity index is 1.48. The lowest BCUT2D eigenvalue weighted by Gasteiger charge is -2.11. The van der Waals surface area contributed by atoms with Gasteiger partial charge in [0.1, 0.15) is 11.5 Å². The number of carbonyl (C=O) groups excluding carboxylic acids is 2. The summed E-state index contributed by atoms with van der Waals surface area (Å²) < 4.78 is 10.5. The Morgan fingerprint density at radius 2 is 2.00 bits per heavy atom. The van der Waals surface area contributed by atoms with E-state index in [1.54, 1.807) is 24.3 Å². The first-order valence-electron chi connectivity index (χ1n) is 9.37. The van der Waals surface area contributed by atoms with E-state index in [4.69, 9.17) is 8.94 Å². The number of hydrogen-bond donors (Lipinski definition) is 2. The van der Waals surface area contributed by atoms with E-state index in [0.29, 0.717) is 17.1 Å². The predicted octanol–water partition coefficient (Wildman–Crippen LogP) is 3.79. The molecule has 9 heteroatoms. The molecule has 31 heavy (non-hydrogen) atoms. The van der Waals surface area contributed by atoms with E-state index in [1.165, 1.54) is 23.7 Å². The Morgan fingerprint density at radius 3 is 2.74 bits per heavy atom. The summed E-state index contributed by atoms with van der Waals surface area (Å²) in [4.78, 5) is 30.7. The smallest absolute Gasteiger partial charge is 0.268 e. The number of aryl methyl sites for hydroxylation is 1. The molecular formula is C22H18N4O4S. The van der Waals surface area contributed by atoms with Crippen LogP contribution in [-0.2, 0) is 11.3 Å². The summed E-state index contributed by atoms with van der Waals surface area (Å²) in [6.45, 7) is 1.83. The number of nitrogens with zero attached hydrogens (tertiary/aromatic N) is 2. The molecule has 2 N–H and O–H groups in total. The largest absolute Gasteiger partial charge is 0.465 e. The summed E-state index contributed by atoms with van der Waals surface area (Å²) in [7, 11) is 0. The summed E-state index contributed by atoms with van der Waals surface area (Å²) in [5.74, 6) is 0.212. The minimum absolute atomic E-state index is 0.00688. The topological polar surface area (TPSA) is 110 Å². The highest BCUT2D eigenvalue weighted by molar-refractivity contribution is 7.13. The van der Waals surface area contributed by atoms with Crippen LogP contribution in [0.3, 0.4) is 0 Å². The molecule has 0 saturated carbocycles. The van der Waals surface area contributed by atoms with E-state index in [2.05, 4.69) is 20.8 Å². The molecular weight excluding hydrogens is 416 g/mol. The van der Waals surface area contributed by atoms with Crippen molar-refractivity contribution in [2.45, 2.75) is 13.5 Å². The van der Waals surface area contributed by atoms with Crippen LogP contribution in [0.2, 0.25) is 0 Å². The van der Waals surface area contributed by atoms with Crippen molar-refractivity contribution < 1.29 is 18.5 Å². The van der Waals surface area contributed by atoms with E-state index in [1.807, 2.05) is 36.6 Å². The summed E-state index contributed by atoms with van der Waals surface area (Å²) in [5, 5.41) is 11.2. The molecule has 0 atom stereocenters. The van der Waals surface area contributed by atoms with E-state index >= 15 is 0 Å². The van der Waals surface area contributed by atoms with E-state index in [9.17, 15) is 9.59 Å². The summed E-state index contributed by atoms with van der Waals surface area (Å²) in [6, 6.07) is 14.3. The van der Waals surface area contributed by atoms with Crippen LogP contribution in [0.15, 0.2) is 74.8 Å². The molecule has 3 aromatic heterocycles. The molecule has 0 fully saturated rings. The minimum atomic E-state index is -0.519. The van der Waals surface area contributed by atoms with Crippen molar-refractivity contribution in [2.24, 2.45) is 0 Å². The molecule has 2 amide bonds. The Hall–Kier alpha value is -3.98. The third-order valence-electron chi connectivity index (χ3n) is 4.32. The Bertz CT molecular complexity index is 1210. The van der Waals surface area contributed by atoms with Crippen molar-refractivity contribution in [2.75, 3.05) is 0 Å². The second kappa shape index (κ2) is 9.23. The van der Waals surface area contributed by atoms with Crippen LogP contribution in [0.25, 0.3) is 16.8 Å². The Labute approximate surface area is 181 Å². The summed E-state index contributed by atoms with van der Waals surface area (Å²) in [5.41, 5.74) is 1.30. The van der Waals surface area contributed by atoms with Crippen LogP contribution >= 0.6 is 11.3 Å². The number of hydrogen-bond acceptors (Lipinski definition) is 7. The van der Waals surface area contributed by atoms with Gasteiger partial charge in [0, 0.05) is 11.6 Å². The van der Waals surface area contributed by atoms with Gasteiger partial charge in [-0.15, -0.1) is 11.3 Å². The fourth-order valence-corrected chi connectivity index (χ4v) is 3.42. The monoisotopic (exact) mass is 434 g/mol.